The first-order valence-corrected chi connectivity index (χ1v) is 9.41. The van der Waals surface area contributed by atoms with E-state index in [9.17, 15) is 9.59 Å². The lowest BCUT2D eigenvalue weighted by atomic mass is 10.1. The molecule has 0 aromatic heterocycles. The Morgan fingerprint density at radius 1 is 1.19 bits per heavy atom. The van der Waals surface area contributed by atoms with Crippen LogP contribution in [0.1, 0.15) is 49.0 Å². The number of rotatable bonds is 11. The van der Waals surface area contributed by atoms with Crippen molar-refractivity contribution < 1.29 is 14.3 Å². The second-order valence-electron chi connectivity index (χ2n) is 6.12. The van der Waals surface area contributed by atoms with E-state index >= 15 is 0 Å². The molecule has 0 fully saturated rings. The maximum Gasteiger partial charge on any atom is 0.407 e. The van der Waals surface area contributed by atoms with Crippen LogP contribution < -0.4 is 10.6 Å². The molecule has 2 amide bonds. The Morgan fingerprint density at radius 2 is 1.93 bits per heavy atom. The summed E-state index contributed by atoms with van der Waals surface area (Å²) in [5.41, 5.74) is 1.28. The first-order chi connectivity index (χ1) is 13.0. The van der Waals surface area contributed by atoms with Crippen molar-refractivity contribution >= 4 is 17.7 Å². The third-order valence-corrected chi connectivity index (χ3v) is 4.37. The second kappa shape index (κ2) is 12.7. The minimum absolute atomic E-state index is 0.0190. The van der Waals surface area contributed by atoms with Crippen molar-refractivity contribution in [3.63, 3.8) is 0 Å². The van der Waals surface area contributed by atoms with Gasteiger partial charge in [0.25, 0.3) is 0 Å². The van der Waals surface area contributed by atoms with Crippen molar-refractivity contribution in [3.8, 4) is 0 Å². The maximum absolute atomic E-state index is 11.9. The van der Waals surface area contributed by atoms with Gasteiger partial charge in [-0.25, -0.2) is 9.64 Å². The van der Waals surface area contributed by atoms with Crippen molar-refractivity contribution in [1.29, 1.82) is 0 Å². The predicted molar refractivity (Wildman–Crippen MR) is 106 cm³/mol. The lowest BCUT2D eigenvalue weighted by Crippen LogP contribution is -2.26. The van der Waals surface area contributed by atoms with Crippen molar-refractivity contribution in [2.45, 2.75) is 39.7 Å². The molecule has 0 aliphatic carbocycles. The summed E-state index contributed by atoms with van der Waals surface area (Å²) in [7, 11) is 1.52. The van der Waals surface area contributed by atoms with E-state index in [0.29, 0.717) is 23.4 Å². The highest BCUT2D eigenvalue weighted by Gasteiger charge is 2.12. The van der Waals surface area contributed by atoms with Gasteiger partial charge < -0.3 is 20.3 Å². The monoisotopic (exact) mass is 374 g/mol. The van der Waals surface area contributed by atoms with E-state index in [1.54, 1.807) is 12.1 Å². The van der Waals surface area contributed by atoms with Crippen LogP contribution in [0.5, 0.6) is 0 Å². The van der Waals surface area contributed by atoms with Gasteiger partial charge in [0.2, 0.25) is 5.91 Å². The fraction of sp³-hybridized carbons (Fsp3) is 0.550. The summed E-state index contributed by atoms with van der Waals surface area (Å²) in [4.78, 5) is 29.5. The molecule has 7 heteroatoms. The topological polar surface area (TPSA) is 75.0 Å². The van der Waals surface area contributed by atoms with Gasteiger partial charge in [0.1, 0.15) is 6.61 Å². The number of nitrogens with one attached hydrogen (secondary N) is 2. The number of hydrogen-bond donors (Lipinski definition) is 2. The molecular weight excluding hydrogens is 344 g/mol. The average molecular weight is 374 g/mol. The smallest absolute Gasteiger partial charge is 0.407 e. The first-order valence-electron chi connectivity index (χ1n) is 9.41. The lowest BCUT2D eigenvalue weighted by molar-refractivity contribution is 0.0956. The van der Waals surface area contributed by atoms with Gasteiger partial charge in [-0.05, 0) is 44.1 Å². The summed E-state index contributed by atoms with van der Waals surface area (Å²) in [5.74, 6) is -0.312. The van der Waals surface area contributed by atoms with E-state index in [0.717, 1.165) is 38.9 Å². The van der Waals surface area contributed by atoms with Crippen LogP contribution in [0.3, 0.4) is 0 Å². The molecular formula is C20H30N4O3. The van der Waals surface area contributed by atoms with E-state index in [1.807, 2.05) is 0 Å². The van der Waals surface area contributed by atoms with Crippen LogP contribution in [0.4, 0.5) is 10.5 Å². The number of carbonyl (C=O) groups is 2. The van der Waals surface area contributed by atoms with Crippen LogP contribution in [0, 0.1) is 6.57 Å². The molecule has 0 heterocycles. The molecule has 7 nitrogen and oxygen atoms in total. The van der Waals surface area contributed by atoms with Gasteiger partial charge in [-0.15, -0.1) is 0 Å². The molecule has 0 saturated heterocycles. The van der Waals surface area contributed by atoms with E-state index < -0.39 is 6.09 Å². The van der Waals surface area contributed by atoms with E-state index in [1.165, 1.54) is 13.1 Å². The van der Waals surface area contributed by atoms with Gasteiger partial charge in [-0.1, -0.05) is 32.4 Å². The van der Waals surface area contributed by atoms with Gasteiger partial charge in [0, 0.05) is 19.2 Å². The van der Waals surface area contributed by atoms with Crippen molar-refractivity contribution in [2.75, 3.05) is 33.2 Å². The van der Waals surface area contributed by atoms with Crippen LogP contribution in [0.15, 0.2) is 18.2 Å². The first kappa shape index (κ1) is 22.5. The third kappa shape index (κ3) is 8.09. The normalized spacial score (nSPS) is 10.3. The highest BCUT2D eigenvalue weighted by Crippen LogP contribution is 2.19. The highest BCUT2D eigenvalue weighted by atomic mass is 16.5. The molecule has 2 N–H and O–H groups in total. The van der Waals surface area contributed by atoms with E-state index in [-0.39, 0.29) is 12.5 Å². The Labute approximate surface area is 161 Å². The SMILES string of the molecule is [C-]#[N+]c1ccc(COC(=O)NCCCCCN(CC)CC)c(C(=O)NC)c1. The average Bonchev–Trinajstić information content (AvgIpc) is 2.71. The predicted octanol–water partition coefficient (Wildman–Crippen LogP) is 3.34. The Bertz CT molecular complexity index is 651. The zero-order chi connectivity index (χ0) is 20.1. The zero-order valence-corrected chi connectivity index (χ0v) is 16.5. The Balaban J connectivity index is 2.36. The quantitative estimate of drug-likeness (QED) is 0.460. The van der Waals surface area contributed by atoms with Crippen molar-refractivity contribution in [3.05, 3.63) is 40.7 Å². The molecule has 0 radical (unpaired) electrons. The number of carbonyl (C=O) groups excluding carboxylic acids is 2. The Kier molecular flexibility index (Phi) is 10.6. The Morgan fingerprint density at radius 3 is 2.56 bits per heavy atom. The van der Waals surface area contributed by atoms with E-state index in [2.05, 4.69) is 34.2 Å². The third-order valence-electron chi connectivity index (χ3n) is 4.37. The van der Waals surface area contributed by atoms with Crippen LogP contribution in [-0.2, 0) is 11.3 Å². The maximum atomic E-state index is 11.9. The number of alkyl carbamates (subject to hydrolysis) is 1. The molecule has 0 spiro atoms. The van der Waals surface area contributed by atoms with Gasteiger partial charge in [-0.2, -0.15) is 0 Å². The van der Waals surface area contributed by atoms with Gasteiger partial charge >= 0.3 is 6.09 Å². The molecule has 0 aliphatic heterocycles. The van der Waals surface area contributed by atoms with Gasteiger partial charge in [-0.3, -0.25) is 4.79 Å². The molecule has 27 heavy (non-hydrogen) atoms. The van der Waals surface area contributed by atoms with E-state index in [4.69, 9.17) is 11.3 Å². The molecule has 0 saturated carbocycles. The largest absolute Gasteiger partial charge is 0.445 e. The molecule has 1 rings (SSSR count). The molecule has 0 aliphatic rings. The summed E-state index contributed by atoms with van der Waals surface area (Å²) in [6.07, 6.45) is 2.56. The second-order valence-corrected chi connectivity index (χ2v) is 6.12. The molecule has 0 bridgehead atoms. The summed E-state index contributed by atoms with van der Waals surface area (Å²) >= 11 is 0. The molecule has 148 valence electrons. The number of hydrogen-bond acceptors (Lipinski definition) is 4. The number of amides is 2. The summed E-state index contributed by atoms with van der Waals surface area (Å²) < 4.78 is 5.20. The number of unbranched alkanes of at least 4 members (excludes halogenated alkanes) is 2. The molecule has 1 aromatic carbocycles. The van der Waals surface area contributed by atoms with Crippen molar-refractivity contribution in [1.82, 2.24) is 15.5 Å². The number of benzene rings is 1. The molecule has 1 aromatic rings. The summed E-state index contributed by atoms with van der Waals surface area (Å²) in [6, 6.07) is 4.74. The number of ether oxygens (including phenoxy) is 1. The fourth-order valence-corrected chi connectivity index (χ4v) is 2.67. The summed E-state index contributed by atoms with van der Waals surface area (Å²) in [6.45, 7) is 15.1. The van der Waals surface area contributed by atoms with Crippen LogP contribution in [0.2, 0.25) is 0 Å². The minimum Gasteiger partial charge on any atom is -0.445 e. The van der Waals surface area contributed by atoms with Crippen LogP contribution >= 0.6 is 0 Å². The molecule has 0 atom stereocenters. The van der Waals surface area contributed by atoms with Crippen LogP contribution in [0.25, 0.3) is 4.85 Å². The summed E-state index contributed by atoms with van der Waals surface area (Å²) in [5, 5.41) is 5.26. The fourth-order valence-electron chi connectivity index (χ4n) is 2.67. The number of nitrogens with zero attached hydrogens (tertiary/aromatic N) is 2. The van der Waals surface area contributed by atoms with Crippen molar-refractivity contribution in [2.24, 2.45) is 0 Å². The lowest BCUT2D eigenvalue weighted by Gasteiger charge is -2.17. The standard InChI is InChI=1S/C20H30N4O3/c1-5-24(6-2)13-9-7-8-12-23-20(26)27-15-16-10-11-17(21-3)14-18(16)19(25)22-4/h10-11,14H,5-9,12-13,15H2,1-2,4H3,(H,22,25)(H,23,26). The minimum atomic E-state index is -0.504. The Hall–Kier alpha value is -2.59. The molecule has 0 unspecified atom stereocenters. The highest BCUT2D eigenvalue weighted by molar-refractivity contribution is 5.96. The van der Waals surface area contributed by atoms with Crippen LogP contribution in [-0.4, -0.2) is 50.1 Å². The van der Waals surface area contributed by atoms with Gasteiger partial charge in [0.15, 0.2) is 5.69 Å². The van der Waals surface area contributed by atoms with Gasteiger partial charge in [0.05, 0.1) is 6.57 Å². The zero-order valence-electron chi connectivity index (χ0n) is 16.5.